The molecule has 0 saturated carbocycles. The number of phenolic OH excluding ortho intramolecular Hbond substituents is 1. The minimum absolute atomic E-state index is 0.109. The van der Waals surface area contributed by atoms with Crippen LogP contribution < -0.4 is 5.43 Å². The molecule has 1 heterocycles. The van der Waals surface area contributed by atoms with Gasteiger partial charge in [0, 0.05) is 24.6 Å². The van der Waals surface area contributed by atoms with Gasteiger partial charge in [0.1, 0.15) is 5.75 Å². The average Bonchev–Trinajstić information content (AvgIpc) is 2.68. The van der Waals surface area contributed by atoms with Crippen LogP contribution in [0.4, 0.5) is 5.69 Å². The van der Waals surface area contributed by atoms with Gasteiger partial charge in [0.2, 0.25) is 5.91 Å². The number of nitrogens with zero attached hydrogens (tertiary/aromatic N) is 2. The van der Waals surface area contributed by atoms with Gasteiger partial charge >= 0.3 is 0 Å². The van der Waals surface area contributed by atoms with Crippen LogP contribution in [0.15, 0.2) is 23.1 Å². The summed E-state index contributed by atoms with van der Waals surface area (Å²) in [5.74, 6) is -1.25. The second-order valence-electron chi connectivity index (χ2n) is 4.19. The maximum absolute atomic E-state index is 12.1. The largest absolute Gasteiger partial charge is 0.507 e. The first-order valence-electron chi connectivity index (χ1n) is 5.82. The van der Waals surface area contributed by atoms with Gasteiger partial charge in [0.15, 0.2) is 4.32 Å². The molecule has 2 N–H and O–H groups in total. The lowest BCUT2D eigenvalue weighted by molar-refractivity contribution is -0.384. The number of benzene rings is 1. The average molecular weight is 339 g/mol. The van der Waals surface area contributed by atoms with Crippen LogP contribution >= 0.6 is 24.0 Å². The van der Waals surface area contributed by atoms with Crippen LogP contribution in [-0.2, 0) is 9.59 Å². The normalized spacial score (nSPS) is 16.2. The number of phenols is 1. The van der Waals surface area contributed by atoms with Crippen molar-refractivity contribution >= 4 is 51.9 Å². The molecule has 22 heavy (non-hydrogen) atoms. The van der Waals surface area contributed by atoms with Crippen LogP contribution in [0, 0.1) is 10.1 Å². The van der Waals surface area contributed by atoms with Crippen molar-refractivity contribution in [2.45, 2.75) is 6.92 Å². The second-order valence-corrected chi connectivity index (χ2v) is 5.86. The van der Waals surface area contributed by atoms with Crippen molar-refractivity contribution in [1.29, 1.82) is 0 Å². The monoisotopic (exact) mass is 339 g/mol. The van der Waals surface area contributed by atoms with Crippen LogP contribution in [0.1, 0.15) is 12.5 Å². The van der Waals surface area contributed by atoms with Crippen molar-refractivity contribution in [3.63, 3.8) is 0 Å². The molecule has 2 rings (SSSR count). The van der Waals surface area contributed by atoms with E-state index in [0.29, 0.717) is 0 Å². The number of non-ortho nitro benzene ring substituents is 1. The van der Waals surface area contributed by atoms with Gasteiger partial charge in [0.05, 0.1) is 9.83 Å². The topological polar surface area (TPSA) is 113 Å². The molecule has 0 bridgehead atoms. The molecular formula is C12H9N3O5S2. The summed E-state index contributed by atoms with van der Waals surface area (Å²) >= 11 is 5.89. The predicted molar refractivity (Wildman–Crippen MR) is 83.6 cm³/mol. The Balaban J connectivity index is 2.36. The second kappa shape index (κ2) is 6.12. The zero-order valence-corrected chi connectivity index (χ0v) is 12.7. The summed E-state index contributed by atoms with van der Waals surface area (Å²) in [5.41, 5.74) is 2.16. The first kappa shape index (κ1) is 15.9. The van der Waals surface area contributed by atoms with E-state index in [-0.39, 0.29) is 26.2 Å². The molecular weight excluding hydrogens is 330 g/mol. The van der Waals surface area contributed by atoms with Crippen LogP contribution in [0.2, 0.25) is 0 Å². The van der Waals surface area contributed by atoms with Crippen molar-refractivity contribution in [2.24, 2.45) is 0 Å². The molecule has 114 valence electrons. The Labute approximate surface area is 133 Å². The summed E-state index contributed by atoms with van der Waals surface area (Å²) in [6.07, 6.45) is 1.28. The van der Waals surface area contributed by atoms with Crippen LogP contribution in [0.5, 0.6) is 5.75 Å². The first-order chi connectivity index (χ1) is 10.3. The summed E-state index contributed by atoms with van der Waals surface area (Å²) in [5, 5.41) is 21.4. The molecule has 0 aliphatic carbocycles. The van der Waals surface area contributed by atoms with Gasteiger partial charge in [-0.15, -0.1) is 0 Å². The third-order valence-corrected chi connectivity index (χ3v) is 3.87. The summed E-state index contributed by atoms with van der Waals surface area (Å²) < 4.78 is 0.122. The van der Waals surface area contributed by atoms with Gasteiger partial charge in [-0.05, 0) is 24.4 Å². The van der Waals surface area contributed by atoms with E-state index in [1.165, 1.54) is 19.1 Å². The van der Waals surface area contributed by atoms with E-state index in [1.807, 2.05) is 0 Å². The molecule has 1 aromatic carbocycles. The number of carbonyl (C=O) groups is 2. The van der Waals surface area contributed by atoms with E-state index in [1.54, 1.807) is 0 Å². The molecule has 1 aliphatic heterocycles. The van der Waals surface area contributed by atoms with E-state index < -0.39 is 16.7 Å². The van der Waals surface area contributed by atoms with Gasteiger partial charge in [-0.2, -0.15) is 5.01 Å². The number of hydrogen-bond donors (Lipinski definition) is 2. The molecule has 0 aromatic heterocycles. The minimum atomic E-state index is -0.612. The maximum Gasteiger partial charge on any atom is 0.285 e. The highest BCUT2D eigenvalue weighted by Crippen LogP contribution is 2.34. The van der Waals surface area contributed by atoms with Crippen molar-refractivity contribution < 1.29 is 19.6 Å². The Kier molecular flexibility index (Phi) is 4.43. The number of aromatic hydroxyl groups is 1. The number of hydrogen-bond acceptors (Lipinski definition) is 7. The minimum Gasteiger partial charge on any atom is -0.507 e. The quantitative estimate of drug-likeness (QED) is 0.372. The fourth-order valence-corrected chi connectivity index (χ4v) is 2.80. The van der Waals surface area contributed by atoms with Crippen LogP contribution in [-0.4, -0.2) is 31.2 Å². The molecule has 0 unspecified atom stereocenters. The molecule has 1 fully saturated rings. The van der Waals surface area contributed by atoms with E-state index >= 15 is 0 Å². The lowest BCUT2D eigenvalue weighted by atomic mass is 10.1. The predicted octanol–water partition coefficient (Wildman–Crippen LogP) is 1.55. The molecule has 8 nitrogen and oxygen atoms in total. The zero-order valence-electron chi connectivity index (χ0n) is 11.1. The molecule has 1 saturated heterocycles. The molecule has 0 radical (unpaired) electrons. The Morgan fingerprint density at radius 3 is 2.82 bits per heavy atom. The third kappa shape index (κ3) is 3.23. The van der Waals surface area contributed by atoms with Crippen LogP contribution in [0.25, 0.3) is 6.08 Å². The fourth-order valence-electron chi connectivity index (χ4n) is 1.63. The van der Waals surface area contributed by atoms with E-state index in [0.717, 1.165) is 28.9 Å². The Hall–Kier alpha value is -2.46. The molecule has 2 amide bonds. The molecule has 0 spiro atoms. The Morgan fingerprint density at radius 1 is 1.55 bits per heavy atom. The van der Waals surface area contributed by atoms with Crippen molar-refractivity contribution in [3.8, 4) is 5.75 Å². The number of nitrogens with one attached hydrogen (secondary N) is 1. The molecule has 1 aliphatic rings. The zero-order chi connectivity index (χ0) is 16.4. The number of thioether (sulfide) groups is 1. The molecule has 10 heteroatoms. The van der Waals surface area contributed by atoms with Gasteiger partial charge < -0.3 is 5.11 Å². The van der Waals surface area contributed by atoms with Crippen LogP contribution in [0.3, 0.4) is 0 Å². The summed E-state index contributed by atoms with van der Waals surface area (Å²) in [6.45, 7) is 1.23. The SMILES string of the molecule is CC(=O)NN1C(=O)/C(=C\c2cc([N+](=O)[O-])ccc2O)SC1=S. The maximum atomic E-state index is 12.1. The highest BCUT2D eigenvalue weighted by Gasteiger charge is 2.33. The number of nitro benzene ring substituents is 1. The first-order valence-corrected chi connectivity index (χ1v) is 7.04. The third-order valence-electron chi connectivity index (χ3n) is 2.57. The fraction of sp³-hybridized carbons (Fsp3) is 0.0833. The smallest absolute Gasteiger partial charge is 0.285 e. The molecule has 0 atom stereocenters. The number of amides is 2. The number of carbonyl (C=O) groups excluding carboxylic acids is 2. The van der Waals surface area contributed by atoms with Gasteiger partial charge in [0.25, 0.3) is 11.6 Å². The number of rotatable bonds is 3. The van der Waals surface area contributed by atoms with Gasteiger partial charge in [-0.3, -0.25) is 25.1 Å². The lowest BCUT2D eigenvalue weighted by Gasteiger charge is -2.13. The van der Waals surface area contributed by atoms with E-state index in [4.69, 9.17) is 12.2 Å². The van der Waals surface area contributed by atoms with Crippen molar-refractivity contribution in [3.05, 3.63) is 38.8 Å². The standard InChI is InChI=1S/C12H9N3O5S2/c1-6(16)13-14-11(18)10(22-12(14)21)5-7-4-8(15(19)20)2-3-9(7)17/h2-5,17H,1H3,(H,13,16)/b10-5+. The highest BCUT2D eigenvalue weighted by molar-refractivity contribution is 8.26. The summed E-state index contributed by atoms with van der Waals surface area (Å²) in [6, 6.07) is 3.45. The van der Waals surface area contributed by atoms with Crippen molar-refractivity contribution in [2.75, 3.05) is 0 Å². The highest BCUT2D eigenvalue weighted by atomic mass is 32.2. The number of thiocarbonyl (C=S) groups is 1. The van der Waals surface area contributed by atoms with E-state index in [9.17, 15) is 24.8 Å². The van der Waals surface area contributed by atoms with Gasteiger partial charge in [-0.25, -0.2) is 0 Å². The van der Waals surface area contributed by atoms with Gasteiger partial charge in [-0.1, -0.05) is 11.8 Å². The lowest BCUT2D eigenvalue weighted by Crippen LogP contribution is -2.43. The number of nitro groups is 1. The Bertz CT molecular complexity index is 731. The molecule has 1 aromatic rings. The Morgan fingerprint density at radius 2 is 2.23 bits per heavy atom. The number of hydrazine groups is 1. The summed E-state index contributed by atoms with van der Waals surface area (Å²) in [7, 11) is 0. The van der Waals surface area contributed by atoms with Crippen molar-refractivity contribution in [1.82, 2.24) is 10.4 Å². The van der Waals surface area contributed by atoms with E-state index in [2.05, 4.69) is 5.43 Å². The summed E-state index contributed by atoms with van der Waals surface area (Å²) in [4.78, 5) is 33.4.